The third kappa shape index (κ3) is 4.78. The summed E-state index contributed by atoms with van der Waals surface area (Å²) in [6, 6.07) is 16.1. The summed E-state index contributed by atoms with van der Waals surface area (Å²) in [6.45, 7) is 0. The Labute approximate surface area is 191 Å². The summed E-state index contributed by atoms with van der Waals surface area (Å²) >= 11 is 0. The Bertz CT molecular complexity index is 1390. The molecular weight excluding hydrogens is 451 g/mol. The lowest BCUT2D eigenvalue weighted by atomic mass is 10.0. The Balaban J connectivity index is 0.000000180. The molecule has 5 aromatic rings. The van der Waals surface area contributed by atoms with Crippen LogP contribution in [0.25, 0.3) is 22.0 Å². The van der Waals surface area contributed by atoms with Gasteiger partial charge in [-0.2, -0.15) is 5.10 Å². The zero-order valence-corrected chi connectivity index (χ0v) is 17.9. The monoisotopic (exact) mass is 470 g/mol. The fourth-order valence-electron chi connectivity index (χ4n) is 3.58. The average Bonchev–Trinajstić information content (AvgIpc) is 3.46. The molecule has 174 valence electrons. The molecular formula is C25H19F5N4. The van der Waals surface area contributed by atoms with Gasteiger partial charge in [0.1, 0.15) is 0 Å². The van der Waals surface area contributed by atoms with Crippen LogP contribution in [0.15, 0.2) is 79.3 Å². The van der Waals surface area contributed by atoms with E-state index in [1.165, 1.54) is 6.20 Å². The third-order valence-corrected chi connectivity index (χ3v) is 5.16. The second kappa shape index (κ2) is 9.78. The number of nitrogens with one attached hydrogen (secondary N) is 2. The molecule has 0 spiro atoms. The smallest absolute Gasteiger partial charge is 0.265 e. The molecule has 34 heavy (non-hydrogen) atoms. The van der Waals surface area contributed by atoms with Gasteiger partial charge in [0.05, 0.1) is 11.9 Å². The topological polar surface area (TPSA) is 45.6 Å². The van der Waals surface area contributed by atoms with Crippen molar-refractivity contribution in [3.05, 3.63) is 102 Å². The Kier molecular flexibility index (Phi) is 6.62. The van der Waals surface area contributed by atoms with Crippen LogP contribution >= 0.6 is 0 Å². The first-order valence-electron chi connectivity index (χ1n) is 10.2. The van der Waals surface area contributed by atoms with Gasteiger partial charge in [-0.3, -0.25) is 5.10 Å². The van der Waals surface area contributed by atoms with Crippen molar-refractivity contribution >= 4 is 22.3 Å². The van der Waals surface area contributed by atoms with Crippen molar-refractivity contribution in [2.24, 2.45) is 7.05 Å². The van der Waals surface area contributed by atoms with Gasteiger partial charge in [-0.05, 0) is 29.8 Å². The zero-order valence-electron chi connectivity index (χ0n) is 17.9. The zero-order chi connectivity index (χ0) is 24.2. The largest absolute Gasteiger partial charge is 0.352 e. The number of fused-ring (bicyclic) bond motifs is 1. The number of alkyl halides is 2. The van der Waals surface area contributed by atoms with Crippen molar-refractivity contribution in [3.63, 3.8) is 0 Å². The number of rotatable bonds is 4. The molecule has 2 heterocycles. The molecule has 0 bridgehead atoms. The molecule has 2 aromatic heterocycles. The maximum atomic E-state index is 13.4. The summed E-state index contributed by atoms with van der Waals surface area (Å²) in [7, 11) is 1.77. The van der Waals surface area contributed by atoms with Crippen LogP contribution in [0.2, 0.25) is 0 Å². The second-order valence-corrected chi connectivity index (χ2v) is 7.42. The summed E-state index contributed by atoms with van der Waals surface area (Å²) < 4.78 is 66.5. The SMILES string of the molecule is Cn1cc(C(F)F)c2ccccc21.Fc1cc(-c2ccccc2Nc2cn[nH]c2)cc(F)c1F. The Hall–Kier alpha value is -4.14. The van der Waals surface area contributed by atoms with E-state index in [1.54, 1.807) is 60.4 Å². The van der Waals surface area contributed by atoms with Crippen LogP contribution in [0.3, 0.4) is 0 Å². The highest BCUT2D eigenvalue weighted by atomic mass is 19.3. The predicted molar refractivity (Wildman–Crippen MR) is 121 cm³/mol. The predicted octanol–water partition coefficient (Wildman–Crippen LogP) is 7.35. The normalized spacial score (nSPS) is 10.9. The molecule has 0 saturated heterocycles. The highest BCUT2D eigenvalue weighted by Crippen LogP contribution is 2.32. The minimum atomic E-state index is -2.40. The number of H-pyrrole nitrogens is 1. The highest BCUT2D eigenvalue weighted by molar-refractivity contribution is 5.84. The van der Waals surface area contributed by atoms with Gasteiger partial charge >= 0.3 is 0 Å². The molecule has 0 aliphatic carbocycles. The third-order valence-electron chi connectivity index (χ3n) is 5.16. The summed E-state index contributed by atoms with van der Waals surface area (Å²) in [5, 5.41) is 10.2. The summed E-state index contributed by atoms with van der Waals surface area (Å²) in [5.41, 5.74) is 3.08. The lowest BCUT2D eigenvalue weighted by Crippen LogP contribution is -1.95. The van der Waals surface area contributed by atoms with Crippen molar-refractivity contribution in [1.29, 1.82) is 0 Å². The van der Waals surface area contributed by atoms with Gasteiger partial charge in [-0.25, -0.2) is 22.0 Å². The first kappa shape index (κ1) is 23.0. The summed E-state index contributed by atoms with van der Waals surface area (Å²) in [4.78, 5) is 0. The number of aryl methyl sites for hydroxylation is 1. The number of nitrogens with zero attached hydrogens (tertiary/aromatic N) is 2. The number of para-hydroxylation sites is 2. The van der Waals surface area contributed by atoms with Crippen LogP contribution < -0.4 is 5.32 Å². The highest BCUT2D eigenvalue weighted by Gasteiger charge is 2.15. The van der Waals surface area contributed by atoms with Crippen LogP contribution in [0.5, 0.6) is 0 Å². The van der Waals surface area contributed by atoms with Crippen molar-refractivity contribution in [2.75, 3.05) is 5.32 Å². The minimum Gasteiger partial charge on any atom is -0.352 e. The van der Waals surface area contributed by atoms with Gasteiger partial charge < -0.3 is 9.88 Å². The van der Waals surface area contributed by atoms with Crippen LogP contribution in [0.4, 0.5) is 33.3 Å². The number of halogens is 5. The van der Waals surface area contributed by atoms with Crippen LogP contribution in [-0.4, -0.2) is 14.8 Å². The average molecular weight is 470 g/mol. The Morgan fingerprint density at radius 2 is 1.62 bits per heavy atom. The van der Waals surface area contributed by atoms with E-state index in [4.69, 9.17) is 0 Å². The number of anilines is 2. The minimum absolute atomic E-state index is 0.109. The number of aromatic nitrogens is 3. The molecule has 5 rings (SSSR count). The van der Waals surface area contributed by atoms with E-state index in [1.807, 2.05) is 12.1 Å². The second-order valence-electron chi connectivity index (χ2n) is 7.42. The standard InChI is InChI=1S/C15H10F3N3.C10H9F2N/c16-12-5-9(6-13(17)15(12)18)11-3-1-2-4-14(11)21-10-7-19-20-8-10;1-13-6-8(10(11)12)7-4-2-3-5-9(7)13/h1-8,21H,(H,19,20);2-6,10H,1H3. The quantitative estimate of drug-likeness (QED) is 0.213. The van der Waals surface area contributed by atoms with E-state index in [2.05, 4.69) is 15.5 Å². The molecule has 0 aliphatic rings. The lowest BCUT2D eigenvalue weighted by molar-refractivity contribution is 0.153. The number of hydrogen-bond acceptors (Lipinski definition) is 2. The molecule has 0 atom stereocenters. The first-order chi connectivity index (χ1) is 16.3. The number of hydrogen-bond donors (Lipinski definition) is 2. The van der Waals surface area contributed by atoms with Gasteiger partial charge in [0.15, 0.2) is 17.5 Å². The molecule has 0 radical (unpaired) electrons. The van der Waals surface area contributed by atoms with E-state index in [9.17, 15) is 22.0 Å². The Morgan fingerprint density at radius 1 is 0.941 bits per heavy atom. The first-order valence-corrected chi connectivity index (χ1v) is 10.2. The molecule has 0 aliphatic heterocycles. The van der Waals surface area contributed by atoms with Gasteiger partial charge in [-0.15, -0.1) is 0 Å². The van der Waals surface area contributed by atoms with Gasteiger partial charge in [0, 0.05) is 47.2 Å². The molecule has 9 heteroatoms. The lowest BCUT2D eigenvalue weighted by Gasteiger charge is -2.11. The van der Waals surface area contributed by atoms with Crippen molar-refractivity contribution in [2.45, 2.75) is 6.43 Å². The van der Waals surface area contributed by atoms with Crippen LogP contribution in [0.1, 0.15) is 12.0 Å². The fraction of sp³-hybridized carbons (Fsp3) is 0.0800. The molecule has 0 unspecified atom stereocenters. The summed E-state index contributed by atoms with van der Waals surface area (Å²) in [5.74, 6) is -3.91. The summed E-state index contributed by atoms with van der Waals surface area (Å²) in [6.07, 6.45) is 2.30. The maximum absolute atomic E-state index is 13.4. The fourth-order valence-corrected chi connectivity index (χ4v) is 3.58. The number of benzene rings is 3. The van der Waals surface area contributed by atoms with Gasteiger partial charge in [0.2, 0.25) is 0 Å². The Morgan fingerprint density at radius 3 is 2.29 bits per heavy atom. The van der Waals surface area contributed by atoms with Crippen LogP contribution in [0, 0.1) is 17.5 Å². The van der Waals surface area contributed by atoms with Gasteiger partial charge in [0.25, 0.3) is 6.43 Å². The maximum Gasteiger partial charge on any atom is 0.265 e. The number of aromatic amines is 1. The molecule has 0 amide bonds. The van der Waals surface area contributed by atoms with Crippen LogP contribution in [-0.2, 0) is 7.05 Å². The van der Waals surface area contributed by atoms with E-state index < -0.39 is 23.9 Å². The van der Waals surface area contributed by atoms with Crippen molar-refractivity contribution in [3.8, 4) is 11.1 Å². The van der Waals surface area contributed by atoms with Crippen molar-refractivity contribution < 1.29 is 22.0 Å². The van der Waals surface area contributed by atoms with E-state index in [0.717, 1.165) is 17.6 Å². The van der Waals surface area contributed by atoms with Crippen molar-refractivity contribution in [1.82, 2.24) is 14.8 Å². The molecule has 3 aromatic carbocycles. The van der Waals surface area contributed by atoms with Gasteiger partial charge in [-0.1, -0.05) is 36.4 Å². The molecule has 0 saturated carbocycles. The molecule has 0 fully saturated rings. The van der Waals surface area contributed by atoms with E-state index in [-0.39, 0.29) is 11.1 Å². The molecule has 2 N–H and O–H groups in total. The van der Waals surface area contributed by atoms with E-state index >= 15 is 0 Å². The van der Waals surface area contributed by atoms with E-state index in [0.29, 0.717) is 22.3 Å². The molecule has 4 nitrogen and oxygen atoms in total.